The fraction of sp³-hybridized carbons (Fsp3) is 1.00. The van der Waals surface area contributed by atoms with Crippen LogP contribution in [-0.2, 0) is 0 Å². The molecule has 0 amide bonds. The molecule has 0 aromatic carbocycles. The van der Waals surface area contributed by atoms with Crippen LogP contribution in [0.15, 0.2) is 0 Å². The third-order valence-corrected chi connectivity index (χ3v) is 4.06. The molecule has 2 rings (SSSR count). The van der Waals surface area contributed by atoms with Gasteiger partial charge in [-0.3, -0.25) is 4.90 Å². The number of nitrogens with zero attached hydrogens (tertiary/aromatic N) is 1. The van der Waals surface area contributed by atoms with Crippen molar-refractivity contribution in [3.8, 4) is 0 Å². The lowest BCUT2D eigenvalue weighted by Gasteiger charge is -2.25. The summed E-state index contributed by atoms with van der Waals surface area (Å²) in [6.07, 6.45) is 4.18. The van der Waals surface area contributed by atoms with Gasteiger partial charge in [0.2, 0.25) is 0 Å². The molecule has 0 aromatic rings. The van der Waals surface area contributed by atoms with Crippen LogP contribution in [0.25, 0.3) is 0 Å². The molecule has 0 aliphatic carbocycles. The Labute approximate surface area is 94.4 Å². The number of nitrogens with one attached hydrogen (secondary N) is 1. The summed E-state index contributed by atoms with van der Waals surface area (Å²) in [4.78, 5) is 2.70. The number of fused-ring (bicyclic) bond motifs is 1. The lowest BCUT2D eigenvalue weighted by molar-refractivity contribution is 0.219. The third kappa shape index (κ3) is 2.73. The lowest BCUT2D eigenvalue weighted by atomic mass is 9.94. The average Bonchev–Trinajstić information content (AvgIpc) is 2.59. The van der Waals surface area contributed by atoms with Crippen molar-refractivity contribution in [2.45, 2.75) is 52.1 Å². The summed E-state index contributed by atoms with van der Waals surface area (Å²) in [6, 6.07) is 1.57. The van der Waals surface area contributed by atoms with Crippen LogP contribution in [0.5, 0.6) is 0 Å². The molecule has 1 N–H and O–H groups in total. The smallest absolute Gasteiger partial charge is 0.0235 e. The molecule has 0 aromatic heterocycles. The Bertz CT molecular complexity index is 189. The first kappa shape index (κ1) is 11.4. The first-order valence-electron chi connectivity index (χ1n) is 6.64. The summed E-state index contributed by atoms with van der Waals surface area (Å²) < 4.78 is 0. The van der Waals surface area contributed by atoms with E-state index in [1.165, 1.54) is 38.9 Å². The van der Waals surface area contributed by atoms with E-state index in [0.29, 0.717) is 0 Å². The standard InChI is InChI=1S/C13H26N2/c1-10(2)7-11(3)15-8-12-5-4-6-14-13(12)9-15/h10-14H,4-9H2,1-3H3. The van der Waals surface area contributed by atoms with E-state index in [-0.39, 0.29) is 0 Å². The van der Waals surface area contributed by atoms with Crippen LogP contribution < -0.4 is 5.32 Å². The molecule has 0 saturated carbocycles. The Morgan fingerprint density at radius 2 is 2.07 bits per heavy atom. The largest absolute Gasteiger partial charge is 0.312 e. The Balaban J connectivity index is 1.85. The summed E-state index contributed by atoms with van der Waals surface area (Å²) in [5.41, 5.74) is 0. The predicted octanol–water partition coefficient (Wildman–Crippen LogP) is 2.10. The number of rotatable bonds is 3. The van der Waals surface area contributed by atoms with Crippen LogP contribution >= 0.6 is 0 Å². The molecule has 2 saturated heterocycles. The van der Waals surface area contributed by atoms with Crippen molar-refractivity contribution in [1.82, 2.24) is 10.2 Å². The maximum absolute atomic E-state index is 3.68. The van der Waals surface area contributed by atoms with E-state index in [4.69, 9.17) is 0 Å². The Morgan fingerprint density at radius 3 is 2.73 bits per heavy atom. The SMILES string of the molecule is CC(C)CC(C)N1CC2CCCNC2C1. The number of likely N-dealkylation sites (tertiary alicyclic amines) is 1. The molecule has 2 aliphatic heterocycles. The topological polar surface area (TPSA) is 15.3 Å². The highest BCUT2D eigenvalue weighted by atomic mass is 15.2. The van der Waals surface area contributed by atoms with Crippen molar-refractivity contribution in [1.29, 1.82) is 0 Å². The monoisotopic (exact) mass is 210 g/mol. The van der Waals surface area contributed by atoms with Gasteiger partial charge in [0.1, 0.15) is 0 Å². The Hall–Kier alpha value is -0.0800. The summed E-state index contributed by atoms with van der Waals surface area (Å²) in [5.74, 6) is 1.77. The maximum Gasteiger partial charge on any atom is 0.0235 e. The van der Waals surface area contributed by atoms with Gasteiger partial charge in [0.25, 0.3) is 0 Å². The molecule has 15 heavy (non-hydrogen) atoms. The van der Waals surface area contributed by atoms with Gasteiger partial charge in [-0.05, 0) is 44.6 Å². The van der Waals surface area contributed by atoms with E-state index in [0.717, 1.165) is 23.9 Å². The van der Waals surface area contributed by atoms with Crippen LogP contribution in [-0.4, -0.2) is 36.6 Å². The minimum Gasteiger partial charge on any atom is -0.312 e. The normalized spacial score (nSPS) is 34.4. The summed E-state index contributed by atoms with van der Waals surface area (Å²) >= 11 is 0. The summed E-state index contributed by atoms with van der Waals surface area (Å²) in [6.45, 7) is 10.9. The van der Waals surface area contributed by atoms with Crippen molar-refractivity contribution in [3.63, 3.8) is 0 Å². The van der Waals surface area contributed by atoms with Crippen LogP contribution in [0.4, 0.5) is 0 Å². The van der Waals surface area contributed by atoms with Crippen LogP contribution in [0, 0.1) is 11.8 Å². The van der Waals surface area contributed by atoms with Gasteiger partial charge < -0.3 is 5.32 Å². The van der Waals surface area contributed by atoms with Crippen LogP contribution in [0.3, 0.4) is 0 Å². The summed E-state index contributed by atoms with van der Waals surface area (Å²) in [5, 5.41) is 3.68. The zero-order chi connectivity index (χ0) is 10.8. The molecule has 0 radical (unpaired) electrons. The Kier molecular flexibility index (Phi) is 3.68. The van der Waals surface area contributed by atoms with Crippen molar-refractivity contribution in [3.05, 3.63) is 0 Å². The zero-order valence-corrected chi connectivity index (χ0v) is 10.5. The van der Waals surface area contributed by atoms with Gasteiger partial charge in [-0.15, -0.1) is 0 Å². The van der Waals surface area contributed by atoms with Gasteiger partial charge in [-0.1, -0.05) is 13.8 Å². The molecule has 2 heteroatoms. The molecule has 2 heterocycles. The zero-order valence-electron chi connectivity index (χ0n) is 10.5. The number of piperidine rings is 1. The molecular formula is C13H26N2. The van der Waals surface area contributed by atoms with Crippen molar-refractivity contribution < 1.29 is 0 Å². The highest BCUT2D eigenvalue weighted by Gasteiger charge is 2.35. The van der Waals surface area contributed by atoms with Crippen LogP contribution in [0.1, 0.15) is 40.0 Å². The van der Waals surface area contributed by atoms with E-state index in [9.17, 15) is 0 Å². The second kappa shape index (κ2) is 4.84. The van der Waals surface area contributed by atoms with Crippen LogP contribution in [0.2, 0.25) is 0 Å². The molecule has 0 bridgehead atoms. The second-order valence-corrected chi connectivity index (χ2v) is 5.90. The first-order chi connectivity index (χ1) is 7.16. The second-order valence-electron chi connectivity index (χ2n) is 5.90. The van der Waals surface area contributed by atoms with Crippen molar-refractivity contribution in [2.75, 3.05) is 19.6 Å². The number of hydrogen-bond acceptors (Lipinski definition) is 2. The highest BCUT2D eigenvalue weighted by Crippen LogP contribution is 2.27. The first-order valence-corrected chi connectivity index (χ1v) is 6.64. The third-order valence-electron chi connectivity index (χ3n) is 4.06. The highest BCUT2D eigenvalue weighted by molar-refractivity contribution is 4.93. The maximum atomic E-state index is 3.68. The van der Waals surface area contributed by atoms with E-state index in [1.807, 2.05) is 0 Å². The van der Waals surface area contributed by atoms with E-state index < -0.39 is 0 Å². The van der Waals surface area contributed by atoms with E-state index >= 15 is 0 Å². The molecule has 88 valence electrons. The summed E-state index contributed by atoms with van der Waals surface area (Å²) in [7, 11) is 0. The fourth-order valence-corrected chi connectivity index (χ4v) is 3.27. The van der Waals surface area contributed by atoms with Crippen molar-refractivity contribution in [2.24, 2.45) is 11.8 Å². The van der Waals surface area contributed by atoms with Gasteiger partial charge in [-0.2, -0.15) is 0 Å². The molecule has 3 atom stereocenters. The quantitative estimate of drug-likeness (QED) is 0.767. The number of hydrogen-bond donors (Lipinski definition) is 1. The van der Waals surface area contributed by atoms with Gasteiger partial charge in [0.15, 0.2) is 0 Å². The molecule has 3 unspecified atom stereocenters. The average molecular weight is 210 g/mol. The van der Waals surface area contributed by atoms with Gasteiger partial charge in [0, 0.05) is 25.2 Å². The predicted molar refractivity (Wildman–Crippen MR) is 65.0 cm³/mol. The van der Waals surface area contributed by atoms with Gasteiger partial charge in [0.05, 0.1) is 0 Å². The van der Waals surface area contributed by atoms with Gasteiger partial charge >= 0.3 is 0 Å². The Morgan fingerprint density at radius 1 is 1.27 bits per heavy atom. The molecule has 2 fully saturated rings. The van der Waals surface area contributed by atoms with Crippen molar-refractivity contribution >= 4 is 0 Å². The van der Waals surface area contributed by atoms with Gasteiger partial charge in [-0.25, -0.2) is 0 Å². The molecule has 2 nitrogen and oxygen atoms in total. The minimum atomic E-state index is 0.775. The molecular weight excluding hydrogens is 184 g/mol. The minimum absolute atomic E-state index is 0.775. The van der Waals surface area contributed by atoms with E-state index in [1.54, 1.807) is 0 Å². The lowest BCUT2D eigenvalue weighted by Crippen LogP contribution is -2.41. The van der Waals surface area contributed by atoms with E-state index in [2.05, 4.69) is 31.0 Å². The molecule has 2 aliphatic rings. The molecule has 0 spiro atoms. The fourth-order valence-electron chi connectivity index (χ4n) is 3.27.